The van der Waals surface area contributed by atoms with Gasteiger partial charge in [-0.05, 0) is 41.8 Å². The SMILES string of the molecule is CCCCOc1c(Cl)cc(C(C)(C)c2ccc(OCC(C)CS(=O)(=O)CC)cc2)cc1Cl. The lowest BCUT2D eigenvalue weighted by Gasteiger charge is -2.27. The van der Waals surface area contributed by atoms with Crippen LogP contribution in [0.3, 0.4) is 0 Å². The molecule has 0 spiro atoms. The number of unbranched alkanes of at least 4 members (excludes halogenated alkanes) is 1. The topological polar surface area (TPSA) is 52.6 Å². The van der Waals surface area contributed by atoms with Crippen molar-refractivity contribution in [3.05, 3.63) is 57.6 Å². The fourth-order valence-electron chi connectivity index (χ4n) is 3.35. The van der Waals surface area contributed by atoms with Crippen molar-refractivity contribution in [1.29, 1.82) is 0 Å². The summed E-state index contributed by atoms with van der Waals surface area (Å²) >= 11 is 13.0. The Morgan fingerprint density at radius 3 is 2.09 bits per heavy atom. The molecule has 32 heavy (non-hydrogen) atoms. The van der Waals surface area contributed by atoms with Crippen LogP contribution >= 0.6 is 23.2 Å². The van der Waals surface area contributed by atoms with E-state index < -0.39 is 9.84 Å². The van der Waals surface area contributed by atoms with E-state index in [0.29, 0.717) is 34.8 Å². The normalized spacial score (nSPS) is 13.1. The molecule has 0 N–H and O–H groups in total. The molecule has 0 aromatic heterocycles. The van der Waals surface area contributed by atoms with Gasteiger partial charge in [-0.1, -0.05) is 76.4 Å². The largest absolute Gasteiger partial charge is 0.493 e. The molecular weight excluding hydrogens is 467 g/mol. The van der Waals surface area contributed by atoms with E-state index in [0.717, 1.165) is 24.0 Å². The molecule has 178 valence electrons. The lowest BCUT2D eigenvalue weighted by molar-refractivity contribution is 0.271. The molecule has 0 heterocycles. The summed E-state index contributed by atoms with van der Waals surface area (Å²) in [5.74, 6) is 1.46. The maximum Gasteiger partial charge on any atom is 0.156 e. The molecular formula is C25H34Cl2O4S. The van der Waals surface area contributed by atoms with Gasteiger partial charge in [-0.3, -0.25) is 0 Å². The Kier molecular flexibility index (Phi) is 9.74. The van der Waals surface area contributed by atoms with Crippen LogP contribution in [0.2, 0.25) is 10.0 Å². The highest BCUT2D eigenvalue weighted by Crippen LogP contribution is 2.40. The molecule has 2 rings (SSSR count). The molecule has 2 aromatic rings. The van der Waals surface area contributed by atoms with Gasteiger partial charge in [0, 0.05) is 17.1 Å². The summed E-state index contributed by atoms with van der Waals surface area (Å²) < 4.78 is 35.1. The molecule has 2 aromatic carbocycles. The molecule has 0 amide bonds. The van der Waals surface area contributed by atoms with Crippen molar-refractivity contribution in [1.82, 2.24) is 0 Å². The molecule has 7 heteroatoms. The predicted octanol–water partition coefficient (Wildman–Crippen LogP) is 6.95. The van der Waals surface area contributed by atoms with Crippen LogP contribution in [0.4, 0.5) is 0 Å². The molecule has 0 aliphatic rings. The van der Waals surface area contributed by atoms with E-state index in [2.05, 4.69) is 20.8 Å². The summed E-state index contributed by atoms with van der Waals surface area (Å²) in [7, 11) is -3.01. The molecule has 0 fully saturated rings. The third kappa shape index (κ3) is 7.29. The third-order valence-electron chi connectivity index (χ3n) is 5.55. The van der Waals surface area contributed by atoms with Crippen molar-refractivity contribution >= 4 is 33.0 Å². The number of ether oxygens (including phenoxy) is 2. The fourth-order valence-corrected chi connectivity index (χ4v) is 5.14. The molecule has 0 saturated carbocycles. The zero-order chi connectivity index (χ0) is 23.9. The Labute approximate surface area is 203 Å². The van der Waals surface area contributed by atoms with E-state index in [4.69, 9.17) is 32.7 Å². The van der Waals surface area contributed by atoms with Gasteiger partial charge in [0.1, 0.15) is 15.6 Å². The average molecular weight is 502 g/mol. The van der Waals surface area contributed by atoms with Gasteiger partial charge in [0.25, 0.3) is 0 Å². The molecule has 1 atom stereocenters. The minimum atomic E-state index is -3.01. The van der Waals surface area contributed by atoms with Crippen molar-refractivity contribution in [3.8, 4) is 11.5 Å². The van der Waals surface area contributed by atoms with Gasteiger partial charge >= 0.3 is 0 Å². The first kappa shape index (κ1) is 26.8. The van der Waals surface area contributed by atoms with Gasteiger partial charge < -0.3 is 9.47 Å². The molecule has 0 bridgehead atoms. The third-order valence-corrected chi connectivity index (χ3v) is 8.07. The highest BCUT2D eigenvalue weighted by atomic mass is 35.5. The molecule has 0 saturated heterocycles. The predicted molar refractivity (Wildman–Crippen MR) is 134 cm³/mol. The van der Waals surface area contributed by atoms with Crippen molar-refractivity contribution < 1.29 is 17.9 Å². The lowest BCUT2D eigenvalue weighted by Crippen LogP contribution is -2.21. The molecule has 0 radical (unpaired) electrons. The second-order valence-electron chi connectivity index (χ2n) is 8.74. The maximum atomic E-state index is 11.8. The van der Waals surface area contributed by atoms with Gasteiger partial charge in [-0.25, -0.2) is 8.42 Å². The van der Waals surface area contributed by atoms with Crippen molar-refractivity contribution in [2.75, 3.05) is 24.7 Å². The zero-order valence-electron chi connectivity index (χ0n) is 19.6. The smallest absolute Gasteiger partial charge is 0.156 e. The Balaban J connectivity index is 2.11. The molecule has 0 aliphatic carbocycles. The summed E-state index contributed by atoms with van der Waals surface area (Å²) in [6, 6.07) is 11.7. The van der Waals surface area contributed by atoms with Crippen molar-refractivity contribution in [2.24, 2.45) is 5.92 Å². The highest BCUT2D eigenvalue weighted by Gasteiger charge is 2.26. The Morgan fingerprint density at radius 2 is 1.56 bits per heavy atom. The van der Waals surface area contributed by atoms with Crippen LogP contribution in [0.25, 0.3) is 0 Å². The Hall–Kier alpha value is -1.43. The average Bonchev–Trinajstić information content (AvgIpc) is 2.74. The van der Waals surface area contributed by atoms with Crippen LogP contribution < -0.4 is 9.47 Å². The summed E-state index contributed by atoms with van der Waals surface area (Å²) in [6.07, 6.45) is 1.98. The number of sulfone groups is 1. The number of halogens is 2. The van der Waals surface area contributed by atoms with E-state index in [1.54, 1.807) is 6.92 Å². The number of benzene rings is 2. The van der Waals surface area contributed by atoms with E-state index in [9.17, 15) is 8.42 Å². The summed E-state index contributed by atoms with van der Waals surface area (Å²) in [6.45, 7) is 10.8. The monoisotopic (exact) mass is 500 g/mol. The van der Waals surface area contributed by atoms with Gasteiger partial charge in [0.05, 0.1) is 29.0 Å². The summed E-state index contributed by atoms with van der Waals surface area (Å²) in [5.41, 5.74) is 1.73. The number of rotatable bonds is 12. The van der Waals surface area contributed by atoms with E-state index in [1.807, 2.05) is 43.3 Å². The van der Waals surface area contributed by atoms with E-state index >= 15 is 0 Å². The van der Waals surface area contributed by atoms with Gasteiger partial charge in [0.15, 0.2) is 5.75 Å². The van der Waals surface area contributed by atoms with Crippen molar-refractivity contribution in [3.63, 3.8) is 0 Å². The number of hydrogen-bond acceptors (Lipinski definition) is 4. The first-order chi connectivity index (χ1) is 15.0. The number of hydrogen-bond donors (Lipinski definition) is 0. The van der Waals surface area contributed by atoms with Gasteiger partial charge in [-0.15, -0.1) is 0 Å². The van der Waals surface area contributed by atoms with Crippen molar-refractivity contribution in [2.45, 2.75) is 52.9 Å². The van der Waals surface area contributed by atoms with Crippen LogP contribution in [0.5, 0.6) is 11.5 Å². The lowest BCUT2D eigenvalue weighted by atomic mass is 9.78. The Morgan fingerprint density at radius 1 is 0.969 bits per heavy atom. The molecule has 1 unspecified atom stereocenters. The first-order valence-corrected chi connectivity index (χ1v) is 13.6. The highest BCUT2D eigenvalue weighted by molar-refractivity contribution is 7.91. The van der Waals surface area contributed by atoms with Gasteiger partial charge in [0.2, 0.25) is 0 Å². The zero-order valence-corrected chi connectivity index (χ0v) is 21.9. The van der Waals surface area contributed by atoms with Crippen LogP contribution in [0.1, 0.15) is 58.6 Å². The van der Waals surface area contributed by atoms with Gasteiger partial charge in [-0.2, -0.15) is 0 Å². The van der Waals surface area contributed by atoms with Crippen LogP contribution in [0, 0.1) is 5.92 Å². The van der Waals surface area contributed by atoms with E-state index in [1.165, 1.54) is 0 Å². The van der Waals surface area contributed by atoms with E-state index in [-0.39, 0.29) is 22.8 Å². The second kappa shape index (κ2) is 11.6. The second-order valence-corrected chi connectivity index (χ2v) is 11.9. The molecule has 4 nitrogen and oxygen atoms in total. The van der Waals surface area contributed by atoms with Crippen LogP contribution in [-0.4, -0.2) is 33.1 Å². The Bertz CT molecular complexity index is 962. The first-order valence-electron chi connectivity index (χ1n) is 11.1. The van der Waals surface area contributed by atoms with Crippen LogP contribution in [0.15, 0.2) is 36.4 Å². The minimum Gasteiger partial charge on any atom is -0.493 e. The summed E-state index contributed by atoms with van der Waals surface area (Å²) in [4.78, 5) is 0. The summed E-state index contributed by atoms with van der Waals surface area (Å²) in [5, 5.41) is 1.01. The standard InChI is InChI=1S/C25H34Cl2O4S/c1-6-8-13-30-24-22(26)14-20(15-23(24)27)25(4,5)19-9-11-21(12-10-19)31-16-18(3)17-32(28,29)7-2/h9-12,14-15,18H,6-8,13,16-17H2,1-5H3. The maximum absolute atomic E-state index is 11.8. The molecule has 0 aliphatic heterocycles. The minimum absolute atomic E-state index is 0.0709. The quantitative estimate of drug-likeness (QED) is 0.296. The van der Waals surface area contributed by atoms with Crippen LogP contribution in [-0.2, 0) is 15.3 Å². The fraction of sp³-hybridized carbons (Fsp3) is 0.520.